The van der Waals surface area contributed by atoms with Gasteiger partial charge in [-0.05, 0) is 33.1 Å². The number of ketones is 2. The van der Waals surface area contributed by atoms with Gasteiger partial charge in [-0.3, -0.25) is 9.59 Å². The molecule has 19 heavy (non-hydrogen) atoms. The maximum atomic E-state index is 10.0. The third kappa shape index (κ3) is 20.6. The Hall–Kier alpha value is 0.114. The summed E-state index contributed by atoms with van der Waals surface area (Å²) in [6.07, 6.45) is 11.9. The molecule has 0 atom stereocenters. The van der Waals surface area contributed by atoms with Gasteiger partial charge >= 0.3 is 21.7 Å². The fourth-order valence-electron chi connectivity index (χ4n) is 1.43. The zero-order valence-corrected chi connectivity index (χ0v) is 14.9. The van der Waals surface area contributed by atoms with E-state index in [0.717, 1.165) is 0 Å². The van der Waals surface area contributed by atoms with Gasteiger partial charge in [-0.2, -0.15) is 0 Å². The molecule has 0 unspecified atom stereocenters. The quantitative estimate of drug-likeness (QED) is 0.414. The number of hydrogen-bond acceptors (Lipinski definition) is 2. The number of carbonyl (C=O) groups excluding carboxylic acids is 2. The van der Waals surface area contributed by atoms with Crippen molar-refractivity contribution >= 4 is 11.6 Å². The van der Waals surface area contributed by atoms with Gasteiger partial charge in [0.2, 0.25) is 0 Å². The Balaban J connectivity index is -0.000000105. The number of allylic oxidation sites excluding steroid dienone is 4. The van der Waals surface area contributed by atoms with Gasteiger partial charge in [-0.15, -0.1) is 0 Å². The van der Waals surface area contributed by atoms with Gasteiger partial charge in [0.15, 0.2) is 0 Å². The van der Waals surface area contributed by atoms with Crippen LogP contribution < -0.4 is 24.8 Å². The van der Waals surface area contributed by atoms with Crippen LogP contribution in [0.3, 0.4) is 0 Å². The van der Waals surface area contributed by atoms with Gasteiger partial charge in [0.1, 0.15) is 11.6 Å². The number of rotatable bonds is 5. The van der Waals surface area contributed by atoms with Crippen molar-refractivity contribution in [2.45, 2.75) is 52.9 Å². The Labute approximate surface area is 144 Å². The molecule has 0 aromatic carbocycles. The first-order valence-corrected chi connectivity index (χ1v) is 5.89. The third-order valence-electron chi connectivity index (χ3n) is 2.20. The molecule has 0 aromatic heterocycles. The van der Waals surface area contributed by atoms with E-state index in [9.17, 15) is 9.59 Å². The van der Waals surface area contributed by atoms with Crippen molar-refractivity contribution in [1.82, 2.24) is 0 Å². The molecule has 1 aliphatic carbocycles. The molecular weight excluding hydrogens is 319 g/mol. The van der Waals surface area contributed by atoms with E-state index in [1.54, 1.807) is 5.57 Å². The molecule has 2 nitrogen and oxygen atoms in total. The molecule has 0 heterocycles. The van der Waals surface area contributed by atoms with Gasteiger partial charge in [0.25, 0.3) is 0 Å². The summed E-state index contributed by atoms with van der Waals surface area (Å²) in [6, 6.07) is 0. The molecule has 0 bridgehead atoms. The van der Waals surface area contributed by atoms with Crippen molar-refractivity contribution in [2.75, 3.05) is 0 Å². The van der Waals surface area contributed by atoms with E-state index in [-0.39, 0.29) is 64.5 Å². The van der Waals surface area contributed by atoms with Gasteiger partial charge in [-0.25, -0.2) is 0 Å². The van der Waals surface area contributed by atoms with E-state index < -0.39 is 0 Å². The second kappa shape index (κ2) is 18.1. The third-order valence-corrected chi connectivity index (χ3v) is 2.20. The Morgan fingerprint density at radius 3 is 1.95 bits per heavy atom. The predicted molar refractivity (Wildman–Crippen MR) is 67.3 cm³/mol. The minimum atomic E-state index is -0.0625. The Bertz CT molecular complexity index is 288. The molecule has 1 rings (SSSR count). The van der Waals surface area contributed by atoms with Gasteiger partial charge in [0.05, 0.1) is 6.42 Å². The van der Waals surface area contributed by atoms with Crippen LogP contribution in [0.1, 0.15) is 52.9 Å². The molecule has 0 saturated carbocycles. The van der Waals surface area contributed by atoms with E-state index >= 15 is 0 Å². The number of hydrogen-bond donors (Lipinski definition) is 0. The van der Waals surface area contributed by atoms with Crippen molar-refractivity contribution in [1.29, 1.82) is 0 Å². The monoisotopic (exact) mass is 340 g/mol. The predicted octanol–water partition coefficient (Wildman–Crippen LogP) is -2.38. The van der Waals surface area contributed by atoms with E-state index in [1.165, 1.54) is 39.5 Å². The van der Waals surface area contributed by atoms with Crippen LogP contribution in [0.2, 0.25) is 0 Å². The smallest absolute Gasteiger partial charge is 1.00 e. The molecular formula is C14H22Cl2O2Ti. The summed E-state index contributed by atoms with van der Waals surface area (Å²) in [5, 5.41) is 0. The first-order valence-electron chi connectivity index (χ1n) is 5.89. The van der Waals surface area contributed by atoms with Crippen molar-refractivity contribution in [2.24, 2.45) is 0 Å². The van der Waals surface area contributed by atoms with Crippen LogP contribution in [0, 0.1) is 0 Å². The van der Waals surface area contributed by atoms with Gasteiger partial charge in [0, 0.05) is 0 Å². The van der Waals surface area contributed by atoms with Crippen LogP contribution in [-0.2, 0) is 31.3 Å². The van der Waals surface area contributed by atoms with Gasteiger partial charge < -0.3 is 24.8 Å². The van der Waals surface area contributed by atoms with Crippen LogP contribution in [0.4, 0.5) is 0 Å². The standard InChI is InChI=1S/C9H14.C5H8O2.2ClH.Ti/c1-2-3-6-9-7-4-5-8-9;1-4(6)3-5(2)7;;;/h4-5,7H,2-3,6,8H2,1H3;3H2,1-2H3;2*1H;/q;;;;+2/p-2. The molecule has 0 fully saturated rings. The van der Waals surface area contributed by atoms with Crippen molar-refractivity contribution in [3.63, 3.8) is 0 Å². The average Bonchev–Trinajstić information content (AvgIpc) is 2.65. The topological polar surface area (TPSA) is 34.1 Å². The Morgan fingerprint density at radius 1 is 1.16 bits per heavy atom. The summed E-state index contributed by atoms with van der Waals surface area (Å²) in [6.45, 7) is 5.05. The maximum Gasteiger partial charge on any atom is 2.00 e. The molecule has 108 valence electrons. The van der Waals surface area contributed by atoms with E-state index in [1.807, 2.05) is 0 Å². The molecule has 0 spiro atoms. The summed E-state index contributed by atoms with van der Waals surface area (Å²) in [7, 11) is 0. The van der Waals surface area contributed by atoms with Crippen LogP contribution in [0.25, 0.3) is 0 Å². The zero-order valence-electron chi connectivity index (χ0n) is 11.8. The summed E-state index contributed by atoms with van der Waals surface area (Å²) in [5.41, 5.74) is 1.61. The fourth-order valence-corrected chi connectivity index (χ4v) is 1.43. The van der Waals surface area contributed by atoms with Gasteiger partial charge in [-0.1, -0.05) is 37.1 Å². The van der Waals surface area contributed by atoms with E-state index in [0.29, 0.717) is 0 Å². The fraction of sp³-hybridized carbons (Fsp3) is 0.571. The molecule has 0 aromatic rings. The maximum absolute atomic E-state index is 10.0. The minimum absolute atomic E-state index is 0. The largest absolute Gasteiger partial charge is 2.00 e. The second-order valence-electron chi connectivity index (χ2n) is 4.14. The normalized spacial score (nSPS) is 10.8. The molecule has 0 N–H and O–H groups in total. The molecule has 0 radical (unpaired) electrons. The number of unbranched alkanes of at least 4 members (excludes halogenated alkanes) is 1. The zero-order chi connectivity index (χ0) is 12.4. The molecule has 0 amide bonds. The van der Waals surface area contributed by atoms with Crippen LogP contribution in [-0.4, -0.2) is 11.6 Å². The van der Waals surface area contributed by atoms with Crippen LogP contribution >= 0.6 is 0 Å². The van der Waals surface area contributed by atoms with Crippen molar-refractivity contribution < 1.29 is 56.1 Å². The van der Waals surface area contributed by atoms with Crippen molar-refractivity contribution in [3.05, 3.63) is 23.8 Å². The number of carbonyl (C=O) groups is 2. The Kier molecular flexibility index (Phi) is 26.2. The summed E-state index contributed by atoms with van der Waals surface area (Å²) >= 11 is 0. The average molecular weight is 341 g/mol. The molecule has 5 heteroatoms. The summed E-state index contributed by atoms with van der Waals surface area (Å²) < 4.78 is 0. The first-order chi connectivity index (χ1) is 7.56. The van der Waals surface area contributed by atoms with Crippen molar-refractivity contribution in [3.8, 4) is 0 Å². The minimum Gasteiger partial charge on any atom is -1.00 e. The molecule has 1 aliphatic rings. The number of Topliss-reactive ketones (excluding diaryl/α,β-unsaturated/α-hetero) is 2. The Morgan fingerprint density at radius 2 is 1.68 bits per heavy atom. The van der Waals surface area contributed by atoms with E-state index in [2.05, 4.69) is 25.2 Å². The molecule has 0 aliphatic heterocycles. The SMILES string of the molecule is CC(=O)CC(C)=O.CCCCC1=CC=CC1.[Cl-].[Cl-].[Ti+2]. The van der Waals surface area contributed by atoms with Crippen LogP contribution in [0.5, 0.6) is 0 Å². The van der Waals surface area contributed by atoms with Crippen LogP contribution in [0.15, 0.2) is 23.8 Å². The first kappa shape index (κ1) is 27.5. The van der Waals surface area contributed by atoms with E-state index in [4.69, 9.17) is 0 Å². The second-order valence-corrected chi connectivity index (χ2v) is 4.14. The number of halogens is 2. The summed E-state index contributed by atoms with van der Waals surface area (Å²) in [4.78, 5) is 20.1. The summed E-state index contributed by atoms with van der Waals surface area (Å²) in [5.74, 6) is -0.125. The molecule has 0 saturated heterocycles.